The summed E-state index contributed by atoms with van der Waals surface area (Å²) in [6.45, 7) is -0.355. The number of hydrogen-bond donors (Lipinski definition) is 3. The molecule has 0 bridgehead atoms. The summed E-state index contributed by atoms with van der Waals surface area (Å²) >= 11 is 0. The van der Waals surface area contributed by atoms with Crippen LogP contribution in [-0.2, 0) is 23.2 Å². The Bertz CT molecular complexity index is 1440. The summed E-state index contributed by atoms with van der Waals surface area (Å²) in [5.74, 6) is 0.284. The van der Waals surface area contributed by atoms with Crippen molar-refractivity contribution in [3.63, 3.8) is 0 Å². The third-order valence-electron chi connectivity index (χ3n) is 7.03. The molecule has 0 saturated carbocycles. The number of ether oxygens (including phenoxy) is 1. The van der Waals surface area contributed by atoms with Crippen LogP contribution in [0.4, 0.5) is 0 Å². The first kappa shape index (κ1) is 21.7. The first-order chi connectivity index (χ1) is 17.0. The third-order valence-corrected chi connectivity index (χ3v) is 7.03. The minimum absolute atomic E-state index is 0.107. The van der Waals surface area contributed by atoms with Gasteiger partial charge in [0.15, 0.2) is 0 Å². The highest BCUT2D eigenvalue weighted by atomic mass is 16.5. The van der Waals surface area contributed by atoms with E-state index in [2.05, 4.69) is 33.4 Å². The van der Waals surface area contributed by atoms with E-state index in [4.69, 9.17) is 14.8 Å². The first-order valence-electron chi connectivity index (χ1n) is 11.6. The van der Waals surface area contributed by atoms with E-state index in [-0.39, 0.29) is 13.1 Å². The normalized spacial score (nSPS) is 16.3. The molecule has 35 heavy (non-hydrogen) atoms. The molecule has 4 aromatic rings. The van der Waals surface area contributed by atoms with Crippen LogP contribution in [0.5, 0.6) is 5.75 Å². The summed E-state index contributed by atoms with van der Waals surface area (Å²) in [6.07, 6.45) is 4.92. The zero-order chi connectivity index (χ0) is 24.2. The molecule has 1 aliphatic heterocycles. The first-order valence-corrected chi connectivity index (χ1v) is 11.6. The zero-order valence-electron chi connectivity index (χ0n) is 19.3. The van der Waals surface area contributed by atoms with E-state index < -0.39 is 18.1 Å². The van der Waals surface area contributed by atoms with Gasteiger partial charge < -0.3 is 19.8 Å². The second kappa shape index (κ2) is 8.14. The van der Waals surface area contributed by atoms with Crippen molar-refractivity contribution in [3.8, 4) is 28.3 Å². The number of H-pyrrole nitrogens is 1. The molecule has 6 rings (SSSR count). The number of fused-ring (bicyclic) bond motifs is 2. The van der Waals surface area contributed by atoms with E-state index in [0.29, 0.717) is 22.7 Å². The van der Waals surface area contributed by atoms with Gasteiger partial charge in [-0.25, -0.2) is 4.98 Å². The number of pyridine rings is 2. The standard InChI is InChI=1S/C26H25N5O4/c1-35-20-10-19-25(28-24(20)18-7-3-5-15-4-2-6-17(15)18)23(30-29-19)16-8-9-21(27-11-16)26(34)13-31(14-26)22(33)12-32/h3,5,7-11,32,34H,2,4,6,12-14H2,1H3,(H,29,30). The monoisotopic (exact) mass is 471 g/mol. The second-order valence-corrected chi connectivity index (χ2v) is 9.18. The highest BCUT2D eigenvalue weighted by molar-refractivity contribution is 5.93. The molecule has 3 aromatic heterocycles. The Labute approximate surface area is 201 Å². The van der Waals surface area contributed by atoms with Crippen molar-refractivity contribution < 1.29 is 19.7 Å². The maximum atomic E-state index is 11.6. The number of nitrogens with one attached hydrogen (secondary N) is 1. The van der Waals surface area contributed by atoms with Crippen LogP contribution >= 0.6 is 0 Å². The molecule has 1 aliphatic carbocycles. The largest absolute Gasteiger partial charge is 0.494 e. The summed E-state index contributed by atoms with van der Waals surface area (Å²) in [5.41, 5.74) is 6.73. The van der Waals surface area contributed by atoms with Crippen molar-refractivity contribution >= 4 is 16.9 Å². The number of methoxy groups -OCH3 is 1. The number of hydrogen-bond acceptors (Lipinski definition) is 7. The highest BCUT2D eigenvalue weighted by Gasteiger charge is 2.45. The number of aryl methyl sites for hydroxylation is 1. The number of benzene rings is 1. The van der Waals surface area contributed by atoms with Crippen molar-refractivity contribution in [3.05, 3.63) is 59.4 Å². The van der Waals surface area contributed by atoms with Gasteiger partial charge in [-0.15, -0.1) is 0 Å². The molecular formula is C26H25N5O4. The maximum Gasteiger partial charge on any atom is 0.248 e. The van der Waals surface area contributed by atoms with E-state index in [1.807, 2.05) is 12.1 Å². The van der Waals surface area contributed by atoms with Crippen molar-refractivity contribution in [1.82, 2.24) is 25.1 Å². The van der Waals surface area contributed by atoms with Crippen LogP contribution in [-0.4, -0.2) is 68.0 Å². The number of aromatic amines is 1. The van der Waals surface area contributed by atoms with Gasteiger partial charge in [0.1, 0.15) is 34.9 Å². The van der Waals surface area contributed by atoms with E-state index in [1.165, 1.54) is 16.0 Å². The lowest BCUT2D eigenvalue weighted by atomic mass is 9.89. The molecular weight excluding hydrogens is 446 g/mol. The lowest BCUT2D eigenvalue weighted by Gasteiger charge is -2.45. The Morgan fingerprint density at radius 2 is 2.06 bits per heavy atom. The molecule has 1 saturated heterocycles. The van der Waals surface area contributed by atoms with Crippen LogP contribution in [0.3, 0.4) is 0 Å². The predicted molar refractivity (Wildman–Crippen MR) is 129 cm³/mol. The van der Waals surface area contributed by atoms with Crippen LogP contribution in [0.2, 0.25) is 0 Å². The Kier molecular flexibility index (Phi) is 5.05. The maximum absolute atomic E-state index is 11.6. The predicted octanol–water partition coefficient (Wildman–Crippen LogP) is 2.21. The number of β-amino-alcohol motifs (C(OH)–C–C–N with tert-alkyl or cyclic N) is 1. The number of rotatable bonds is 5. The van der Waals surface area contributed by atoms with Crippen molar-refractivity contribution in [2.75, 3.05) is 26.8 Å². The molecule has 4 heterocycles. The van der Waals surface area contributed by atoms with Crippen LogP contribution in [0, 0.1) is 0 Å². The molecule has 9 heteroatoms. The van der Waals surface area contributed by atoms with Gasteiger partial charge in [0, 0.05) is 23.4 Å². The number of nitrogens with zero attached hydrogens (tertiary/aromatic N) is 4. The lowest BCUT2D eigenvalue weighted by Crippen LogP contribution is -2.62. The average Bonchev–Trinajstić information content (AvgIpc) is 3.52. The summed E-state index contributed by atoms with van der Waals surface area (Å²) in [5, 5.41) is 27.3. The quantitative estimate of drug-likeness (QED) is 0.408. The van der Waals surface area contributed by atoms with Crippen LogP contribution in [0.15, 0.2) is 42.6 Å². The summed E-state index contributed by atoms with van der Waals surface area (Å²) < 4.78 is 5.69. The number of aliphatic hydroxyl groups is 2. The molecule has 1 fully saturated rings. The fourth-order valence-corrected chi connectivity index (χ4v) is 5.15. The fourth-order valence-electron chi connectivity index (χ4n) is 5.15. The third kappa shape index (κ3) is 3.46. The number of amides is 1. The molecule has 0 radical (unpaired) electrons. The Hall–Kier alpha value is -3.82. The van der Waals surface area contributed by atoms with Gasteiger partial charge in [-0.3, -0.25) is 14.9 Å². The van der Waals surface area contributed by atoms with E-state index in [9.17, 15) is 9.90 Å². The molecule has 2 aliphatic rings. The second-order valence-electron chi connectivity index (χ2n) is 9.18. The van der Waals surface area contributed by atoms with Crippen molar-refractivity contribution in [2.24, 2.45) is 0 Å². The van der Waals surface area contributed by atoms with Crippen molar-refractivity contribution in [1.29, 1.82) is 0 Å². The number of carbonyl (C=O) groups is 1. The minimum atomic E-state index is -1.22. The van der Waals surface area contributed by atoms with Gasteiger partial charge in [-0.2, -0.15) is 5.10 Å². The van der Waals surface area contributed by atoms with E-state index in [0.717, 1.165) is 41.6 Å². The Morgan fingerprint density at radius 3 is 2.80 bits per heavy atom. The summed E-state index contributed by atoms with van der Waals surface area (Å²) in [7, 11) is 1.65. The topological polar surface area (TPSA) is 124 Å². The molecule has 0 atom stereocenters. The van der Waals surface area contributed by atoms with E-state index in [1.54, 1.807) is 19.4 Å². The van der Waals surface area contributed by atoms with Gasteiger partial charge in [-0.1, -0.05) is 18.2 Å². The van der Waals surface area contributed by atoms with Crippen LogP contribution in [0.1, 0.15) is 23.2 Å². The molecule has 3 N–H and O–H groups in total. The SMILES string of the molecule is COc1cc2[nH]nc(-c3ccc(C4(O)CN(C(=O)CO)C4)nc3)c2nc1-c1cccc2c1CCC2. The minimum Gasteiger partial charge on any atom is -0.494 e. The van der Waals surface area contributed by atoms with Crippen LogP contribution < -0.4 is 4.74 Å². The molecule has 1 aromatic carbocycles. The molecule has 9 nitrogen and oxygen atoms in total. The van der Waals surface area contributed by atoms with Gasteiger partial charge in [-0.05, 0) is 42.5 Å². The van der Waals surface area contributed by atoms with E-state index >= 15 is 0 Å². The highest BCUT2D eigenvalue weighted by Crippen LogP contribution is 2.39. The fraction of sp³-hybridized carbons (Fsp3) is 0.308. The molecule has 1 amide bonds. The molecule has 0 spiro atoms. The Balaban J connectivity index is 1.36. The number of aromatic nitrogens is 4. The lowest BCUT2D eigenvalue weighted by molar-refractivity contribution is -0.160. The summed E-state index contributed by atoms with van der Waals surface area (Å²) in [4.78, 5) is 22.5. The number of carbonyl (C=O) groups excluding carboxylic acids is 1. The Morgan fingerprint density at radius 1 is 1.20 bits per heavy atom. The molecule has 0 unspecified atom stereocenters. The van der Waals surface area contributed by atoms with Crippen LogP contribution in [0.25, 0.3) is 33.5 Å². The number of aliphatic hydroxyl groups excluding tert-OH is 1. The number of likely N-dealkylation sites (tertiary alicyclic amines) is 1. The smallest absolute Gasteiger partial charge is 0.248 e. The zero-order valence-corrected chi connectivity index (χ0v) is 19.3. The van der Waals surface area contributed by atoms with Gasteiger partial charge in [0.25, 0.3) is 0 Å². The van der Waals surface area contributed by atoms with Gasteiger partial charge >= 0.3 is 0 Å². The van der Waals surface area contributed by atoms with Gasteiger partial charge in [0.2, 0.25) is 5.91 Å². The van der Waals surface area contributed by atoms with Crippen molar-refractivity contribution in [2.45, 2.75) is 24.9 Å². The average molecular weight is 472 g/mol. The summed E-state index contributed by atoms with van der Waals surface area (Å²) in [6, 6.07) is 11.9. The van der Waals surface area contributed by atoms with Gasteiger partial charge in [0.05, 0.1) is 31.4 Å². The molecule has 178 valence electrons.